The van der Waals surface area contributed by atoms with Gasteiger partial charge in [-0.15, -0.1) is 0 Å². The highest BCUT2D eigenvalue weighted by Crippen LogP contribution is 2.41. The Labute approximate surface area is 251 Å². The van der Waals surface area contributed by atoms with E-state index in [1.807, 2.05) is 55.1 Å². The number of nitrogens with zero attached hydrogens (tertiary/aromatic N) is 3. The first-order chi connectivity index (χ1) is 20.2. The van der Waals surface area contributed by atoms with E-state index in [0.717, 1.165) is 24.1 Å². The van der Waals surface area contributed by atoms with Gasteiger partial charge in [0.2, 0.25) is 5.91 Å². The van der Waals surface area contributed by atoms with E-state index in [1.165, 1.54) is 0 Å². The predicted molar refractivity (Wildman–Crippen MR) is 165 cm³/mol. The fourth-order valence-electron chi connectivity index (χ4n) is 5.47. The zero-order valence-electron chi connectivity index (χ0n) is 24.3. The molecule has 1 aromatic carbocycles. The lowest BCUT2D eigenvalue weighted by atomic mass is 9.97. The molecule has 2 aliphatic heterocycles. The van der Waals surface area contributed by atoms with Gasteiger partial charge in [-0.1, -0.05) is 35.6 Å². The number of H-pyrrole nitrogens is 1. The van der Waals surface area contributed by atoms with Crippen LogP contribution in [0.1, 0.15) is 41.4 Å². The summed E-state index contributed by atoms with van der Waals surface area (Å²) in [6.07, 6.45) is 9.25. The van der Waals surface area contributed by atoms with Crippen molar-refractivity contribution in [3.05, 3.63) is 70.7 Å². The lowest BCUT2D eigenvalue weighted by Gasteiger charge is -2.29. The van der Waals surface area contributed by atoms with Crippen LogP contribution in [0.15, 0.2) is 48.8 Å². The first kappa shape index (κ1) is 29.2. The number of hydrogen-bond donors (Lipinski definition) is 3. The maximum atomic E-state index is 13.1. The lowest BCUT2D eigenvalue weighted by Crippen LogP contribution is -2.43. The molecule has 3 aromatic rings. The van der Waals surface area contributed by atoms with Crippen molar-refractivity contribution in [2.45, 2.75) is 31.7 Å². The van der Waals surface area contributed by atoms with Gasteiger partial charge in [0.15, 0.2) is 5.75 Å². The van der Waals surface area contributed by atoms with Crippen molar-refractivity contribution in [3.8, 4) is 28.8 Å². The van der Waals surface area contributed by atoms with Gasteiger partial charge in [0.25, 0.3) is 5.91 Å². The third kappa shape index (κ3) is 5.87. The zero-order valence-corrected chi connectivity index (χ0v) is 25.1. The van der Waals surface area contributed by atoms with Crippen molar-refractivity contribution in [2.75, 3.05) is 46.2 Å². The topological polar surface area (TPSA) is 103 Å². The quantitative estimate of drug-likeness (QED) is 0.276. The molecule has 9 nitrogen and oxygen atoms in total. The number of rotatable bonds is 7. The van der Waals surface area contributed by atoms with Gasteiger partial charge in [-0.3, -0.25) is 14.6 Å². The first-order valence-corrected chi connectivity index (χ1v) is 14.3. The molecule has 1 fully saturated rings. The molecule has 0 radical (unpaired) electrons. The highest BCUT2D eigenvalue weighted by molar-refractivity contribution is 6.32. The van der Waals surface area contributed by atoms with Crippen LogP contribution in [0.3, 0.4) is 0 Å². The molecule has 5 rings (SSSR count). The summed E-state index contributed by atoms with van der Waals surface area (Å²) >= 11 is 6.40. The number of aromatic nitrogens is 2. The summed E-state index contributed by atoms with van der Waals surface area (Å²) in [6.45, 7) is 3.90. The Morgan fingerprint density at radius 1 is 1.33 bits per heavy atom. The predicted octanol–water partition coefficient (Wildman–Crippen LogP) is 4.62. The van der Waals surface area contributed by atoms with Gasteiger partial charge < -0.3 is 30.2 Å². The standard InChI is InChI=1S/C32H35ClN6O3/c1-32(14-7-19-39(32)26(40)10-6-18-38(2)3)15-11-21-20-34-16-12-22(21)28-29(27-24(36-28)13-17-35-31(27)41)37-25-9-5-8-23(33)30(25)42-4/h5-6,8-10,12,16,20,36-37H,7,13-14,17-19H2,1-4H3,(H,35,41)/b10-6+/t32-/m1/s1. The summed E-state index contributed by atoms with van der Waals surface area (Å²) in [5.41, 5.74) is 4.17. The van der Waals surface area contributed by atoms with E-state index >= 15 is 0 Å². The van der Waals surface area contributed by atoms with Crippen molar-refractivity contribution in [2.24, 2.45) is 0 Å². The number of anilines is 2. The van der Waals surface area contributed by atoms with Crippen molar-refractivity contribution < 1.29 is 14.3 Å². The monoisotopic (exact) mass is 586 g/mol. The second-order valence-corrected chi connectivity index (χ2v) is 11.3. The van der Waals surface area contributed by atoms with Gasteiger partial charge in [-0.2, -0.15) is 0 Å². The molecule has 0 spiro atoms. The van der Waals surface area contributed by atoms with Gasteiger partial charge in [0.05, 0.1) is 40.3 Å². The van der Waals surface area contributed by atoms with Crippen molar-refractivity contribution in [1.82, 2.24) is 25.1 Å². The molecule has 218 valence electrons. The molecule has 0 aliphatic carbocycles. The Morgan fingerprint density at radius 3 is 2.95 bits per heavy atom. The maximum Gasteiger partial charge on any atom is 0.255 e. The summed E-state index contributed by atoms with van der Waals surface area (Å²) in [7, 11) is 5.48. The molecule has 4 heterocycles. The minimum atomic E-state index is -0.614. The number of para-hydroxylation sites is 1. The number of likely N-dealkylation sites (N-methyl/N-ethyl adjacent to an activating group) is 1. The van der Waals surface area contributed by atoms with E-state index in [1.54, 1.807) is 31.6 Å². The van der Waals surface area contributed by atoms with Gasteiger partial charge >= 0.3 is 0 Å². The van der Waals surface area contributed by atoms with E-state index in [-0.39, 0.29) is 11.8 Å². The molecule has 0 bridgehead atoms. The molecule has 1 saturated heterocycles. The zero-order chi connectivity index (χ0) is 29.9. The molecule has 2 aromatic heterocycles. The number of benzene rings is 1. The average Bonchev–Trinajstić information content (AvgIpc) is 3.53. The molecule has 2 aliphatic rings. The van der Waals surface area contributed by atoms with E-state index in [2.05, 4.69) is 32.4 Å². The number of carbonyl (C=O) groups is 2. The lowest BCUT2D eigenvalue weighted by molar-refractivity contribution is -0.128. The van der Waals surface area contributed by atoms with Crippen molar-refractivity contribution in [1.29, 1.82) is 0 Å². The van der Waals surface area contributed by atoms with Crippen LogP contribution in [-0.4, -0.2) is 78.0 Å². The largest absolute Gasteiger partial charge is 0.493 e. The second kappa shape index (κ2) is 12.3. The van der Waals surface area contributed by atoms with Crippen LogP contribution in [0.4, 0.5) is 11.4 Å². The van der Waals surface area contributed by atoms with Crippen LogP contribution in [0.2, 0.25) is 5.02 Å². The van der Waals surface area contributed by atoms with E-state index in [4.69, 9.17) is 16.3 Å². The highest BCUT2D eigenvalue weighted by Gasteiger charge is 2.37. The SMILES string of the molecule is COc1c(Cl)cccc1Nc1c(-c2ccncc2C#C[C@@]2(C)CCCN2C(=O)/C=C/CN(C)C)[nH]c2c1C(=O)NCC2. The Morgan fingerprint density at radius 2 is 2.17 bits per heavy atom. The number of carbonyl (C=O) groups excluding carboxylic acids is 2. The molecule has 10 heteroatoms. The average molecular weight is 587 g/mol. The number of hydrogen-bond acceptors (Lipinski definition) is 6. The fraction of sp³-hybridized carbons (Fsp3) is 0.344. The molecule has 0 unspecified atom stereocenters. The smallest absolute Gasteiger partial charge is 0.255 e. The van der Waals surface area contributed by atoms with Crippen molar-refractivity contribution in [3.63, 3.8) is 0 Å². The second-order valence-electron chi connectivity index (χ2n) is 10.9. The fourth-order valence-corrected chi connectivity index (χ4v) is 5.72. The van der Waals surface area contributed by atoms with E-state index in [9.17, 15) is 9.59 Å². The van der Waals surface area contributed by atoms with Gasteiger partial charge in [-0.05, 0) is 52.1 Å². The van der Waals surface area contributed by atoms with Crippen LogP contribution in [0.25, 0.3) is 11.3 Å². The summed E-state index contributed by atoms with van der Waals surface area (Å²) < 4.78 is 5.56. The number of ether oxygens (including phenoxy) is 1. The molecular weight excluding hydrogens is 552 g/mol. The molecule has 1 atom stereocenters. The third-order valence-electron chi connectivity index (χ3n) is 7.59. The minimum absolute atomic E-state index is 0.0393. The number of halogens is 1. The number of nitrogens with one attached hydrogen (secondary N) is 3. The Kier molecular flexibility index (Phi) is 8.57. The number of aromatic amines is 1. The number of pyridine rings is 1. The summed E-state index contributed by atoms with van der Waals surface area (Å²) in [5, 5.41) is 6.81. The number of methoxy groups -OCH3 is 1. The van der Waals surface area contributed by atoms with Crippen LogP contribution < -0.4 is 15.4 Å². The molecule has 3 N–H and O–H groups in total. The van der Waals surface area contributed by atoms with Gasteiger partial charge in [0.1, 0.15) is 5.54 Å². The van der Waals surface area contributed by atoms with Crippen LogP contribution in [-0.2, 0) is 11.2 Å². The molecule has 42 heavy (non-hydrogen) atoms. The van der Waals surface area contributed by atoms with Crippen LogP contribution in [0.5, 0.6) is 5.75 Å². The summed E-state index contributed by atoms with van der Waals surface area (Å²) in [6, 6.07) is 7.29. The van der Waals surface area contributed by atoms with Gasteiger partial charge in [0, 0.05) is 55.8 Å². The summed E-state index contributed by atoms with van der Waals surface area (Å²) in [5.74, 6) is 7.00. The van der Waals surface area contributed by atoms with Crippen LogP contribution in [0, 0.1) is 11.8 Å². The number of fused-ring (bicyclic) bond motifs is 1. The normalized spacial score (nSPS) is 18.0. The van der Waals surface area contributed by atoms with E-state index in [0.29, 0.717) is 65.0 Å². The maximum absolute atomic E-state index is 13.1. The Bertz CT molecular complexity index is 1600. The highest BCUT2D eigenvalue weighted by atomic mass is 35.5. The Hall–Kier alpha value is -4.26. The third-order valence-corrected chi connectivity index (χ3v) is 7.89. The Balaban J connectivity index is 1.55. The van der Waals surface area contributed by atoms with E-state index < -0.39 is 5.54 Å². The molecule has 2 amide bonds. The number of amides is 2. The van der Waals surface area contributed by atoms with Crippen molar-refractivity contribution >= 4 is 34.8 Å². The first-order valence-electron chi connectivity index (χ1n) is 13.9. The minimum Gasteiger partial charge on any atom is -0.493 e. The summed E-state index contributed by atoms with van der Waals surface area (Å²) in [4.78, 5) is 37.8. The molecule has 0 saturated carbocycles. The van der Waals surface area contributed by atoms with Crippen LogP contribution >= 0.6 is 11.6 Å². The number of likely N-dealkylation sites (tertiary alicyclic amines) is 1. The molecular formula is C32H35ClN6O3. The van der Waals surface area contributed by atoms with Gasteiger partial charge in [-0.25, -0.2) is 0 Å².